The Morgan fingerprint density at radius 1 is 0.600 bits per heavy atom. The Hall–Kier alpha value is -5.28. The maximum Gasteiger partial charge on any atom is 0.341 e. The first-order chi connectivity index (χ1) is 19.6. The predicted octanol–water partition coefficient (Wildman–Crippen LogP) is 6.62. The highest BCUT2D eigenvalue weighted by atomic mass is 16.5. The van der Waals surface area contributed by atoms with E-state index in [0.717, 1.165) is 11.1 Å². The lowest BCUT2D eigenvalue weighted by Gasteiger charge is -2.11. The molecule has 0 bridgehead atoms. The highest BCUT2D eigenvalue weighted by molar-refractivity contribution is 5.93. The second-order valence-electron chi connectivity index (χ2n) is 8.20. The van der Waals surface area contributed by atoms with Crippen LogP contribution in [-0.2, 0) is 22.7 Å². The van der Waals surface area contributed by atoms with Crippen molar-refractivity contribution in [2.75, 3.05) is 14.2 Å². The third-order valence-electron chi connectivity index (χ3n) is 5.60. The SMILES string of the molecule is C=C.COC(=O)c1ccc(C#Cc2ccc(C(=O)OC)c(OCc3ccccc3)c2)cc1OCc1ccccc1. The van der Waals surface area contributed by atoms with Gasteiger partial charge in [-0.2, -0.15) is 0 Å². The minimum absolute atomic E-state index is 0.290. The van der Waals surface area contributed by atoms with Gasteiger partial charge in [0.05, 0.1) is 14.2 Å². The van der Waals surface area contributed by atoms with Crippen molar-refractivity contribution >= 4 is 11.9 Å². The van der Waals surface area contributed by atoms with Crippen LogP contribution in [0, 0.1) is 11.8 Å². The summed E-state index contributed by atoms with van der Waals surface area (Å²) in [6.07, 6.45) is 0. The summed E-state index contributed by atoms with van der Waals surface area (Å²) in [4.78, 5) is 24.5. The minimum atomic E-state index is -0.494. The molecule has 0 heterocycles. The second kappa shape index (κ2) is 15.2. The van der Waals surface area contributed by atoms with Crippen LogP contribution in [0.5, 0.6) is 11.5 Å². The van der Waals surface area contributed by atoms with Crippen molar-refractivity contribution in [1.82, 2.24) is 0 Å². The molecule has 4 aromatic carbocycles. The first-order valence-corrected chi connectivity index (χ1v) is 12.4. The molecule has 0 fully saturated rings. The Balaban J connectivity index is 0.00000216. The monoisotopic (exact) mass is 534 g/mol. The van der Waals surface area contributed by atoms with Gasteiger partial charge in [-0.3, -0.25) is 0 Å². The molecule has 0 aromatic heterocycles. The fraction of sp³-hybridized carbons (Fsp3) is 0.118. The lowest BCUT2D eigenvalue weighted by molar-refractivity contribution is 0.0586. The Labute approximate surface area is 234 Å². The quantitative estimate of drug-likeness (QED) is 0.144. The van der Waals surface area contributed by atoms with Crippen molar-refractivity contribution in [2.45, 2.75) is 13.2 Å². The maximum absolute atomic E-state index is 12.3. The average Bonchev–Trinajstić information content (AvgIpc) is 3.03. The number of esters is 2. The standard InChI is InChI=1S/C32H26O6.C2H4/c1-35-31(33)27-17-15-23(19-29(27)37-21-25-9-5-3-6-10-25)13-14-24-16-18-28(32(34)36-2)30(20-24)38-22-26-11-7-4-8-12-26;1-2/h3-12,15-20H,21-22H2,1-2H3;1-2H2. The van der Waals surface area contributed by atoms with Gasteiger partial charge in [0.2, 0.25) is 0 Å². The number of carbonyl (C=O) groups is 2. The summed E-state index contributed by atoms with van der Waals surface area (Å²) < 4.78 is 21.7. The van der Waals surface area contributed by atoms with Gasteiger partial charge >= 0.3 is 11.9 Å². The smallest absolute Gasteiger partial charge is 0.341 e. The van der Waals surface area contributed by atoms with Crippen LogP contribution in [0.4, 0.5) is 0 Å². The van der Waals surface area contributed by atoms with Gasteiger partial charge < -0.3 is 18.9 Å². The predicted molar refractivity (Wildman–Crippen MR) is 154 cm³/mol. The van der Waals surface area contributed by atoms with Crippen LogP contribution in [0.1, 0.15) is 43.0 Å². The zero-order valence-corrected chi connectivity index (χ0v) is 22.5. The molecule has 0 unspecified atom stereocenters. The number of hydrogen-bond acceptors (Lipinski definition) is 6. The van der Waals surface area contributed by atoms with Crippen LogP contribution < -0.4 is 9.47 Å². The third-order valence-corrected chi connectivity index (χ3v) is 5.60. The highest BCUT2D eigenvalue weighted by Crippen LogP contribution is 2.24. The first-order valence-electron chi connectivity index (χ1n) is 12.4. The van der Waals surface area contributed by atoms with Gasteiger partial charge in [0.25, 0.3) is 0 Å². The Morgan fingerprint density at radius 2 is 0.975 bits per heavy atom. The molecule has 0 aliphatic heterocycles. The van der Waals surface area contributed by atoms with E-state index in [1.165, 1.54) is 14.2 Å². The molecule has 0 saturated carbocycles. The summed E-state index contributed by atoms with van der Waals surface area (Å²) >= 11 is 0. The fourth-order valence-corrected chi connectivity index (χ4v) is 3.61. The number of methoxy groups -OCH3 is 2. The zero-order valence-electron chi connectivity index (χ0n) is 22.5. The topological polar surface area (TPSA) is 71.1 Å². The van der Waals surface area contributed by atoms with Gasteiger partial charge in [-0.15, -0.1) is 13.2 Å². The van der Waals surface area contributed by atoms with Crippen molar-refractivity contribution in [3.63, 3.8) is 0 Å². The van der Waals surface area contributed by atoms with E-state index < -0.39 is 11.9 Å². The molecule has 202 valence electrons. The van der Waals surface area contributed by atoms with Crippen LogP contribution in [0.15, 0.2) is 110 Å². The van der Waals surface area contributed by atoms with Crippen molar-refractivity contribution in [3.05, 3.63) is 144 Å². The molecule has 40 heavy (non-hydrogen) atoms. The third kappa shape index (κ3) is 8.11. The first kappa shape index (κ1) is 29.3. The molecule has 4 aromatic rings. The number of rotatable bonds is 8. The molecule has 4 rings (SSSR count). The molecule has 0 aliphatic carbocycles. The van der Waals surface area contributed by atoms with E-state index in [1.807, 2.05) is 60.7 Å². The molecule has 0 N–H and O–H groups in total. The van der Waals surface area contributed by atoms with Gasteiger partial charge in [-0.1, -0.05) is 72.5 Å². The number of carbonyl (C=O) groups excluding carboxylic acids is 2. The molecular formula is C34H30O6. The summed E-state index contributed by atoms with van der Waals surface area (Å²) in [5.41, 5.74) is 3.84. The van der Waals surface area contributed by atoms with Crippen molar-refractivity contribution in [3.8, 4) is 23.3 Å². The molecule has 6 nitrogen and oxygen atoms in total. The second-order valence-corrected chi connectivity index (χ2v) is 8.20. The Bertz CT molecular complexity index is 1370. The van der Waals surface area contributed by atoms with Gasteiger partial charge in [0.1, 0.15) is 35.8 Å². The number of ether oxygens (including phenoxy) is 4. The molecule has 6 heteroatoms. The van der Waals surface area contributed by atoms with Crippen molar-refractivity contribution in [1.29, 1.82) is 0 Å². The zero-order chi connectivity index (χ0) is 28.7. The maximum atomic E-state index is 12.3. The van der Waals surface area contributed by atoms with Gasteiger partial charge in [0.15, 0.2) is 0 Å². The fourth-order valence-electron chi connectivity index (χ4n) is 3.61. The van der Waals surface area contributed by atoms with Crippen molar-refractivity contribution in [2.24, 2.45) is 0 Å². The minimum Gasteiger partial charge on any atom is -0.488 e. The largest absolute Gasteiger partial charge is 0.488 e. The van der Waals surface area contributed by atoms with E-state index in [1.54, 1.807) is 36.4 Å². The van der Waals surface area contributed by atoms with Gasteiger partial charge in [0, 0.05) is 11.1 Å². The molecular weight excluding hydrogens is 504 g/mol. The van der Waals surface area contributed by atoms with Crippen LogP contribution in [0.2, 0.25) is 0 Å². The molecule has 0 radical (unpaired) electrons. The normalized spacial score (nSPS) is 9.65. The van der Waals surface area contributed by atoms with E-state index in [0.29, 0.717) is 47.0 Å². The lowest BCUT2D eigenvalue weighted by Crippen LogP contribution is -2.06. The number of hydrogen-bond donors (Lipinski definition) is 0. The lowest BCUT2D eigenvalue weighted by atomic mass is 10.1. The summed E-state index contributed by atoms with van der Waals surface area (Å²) in [7, 11) is 2.65. The summed E-state index contributed by atoms with van der Waals surface area (Å²) in [6.45, 7) is 6.58. The van der Waals surface area contributed by atoms with E-state index in [9.17, 15) is 9.59 Å². The van der Waals surface area contributed by atoms with E-state index in [2.05, 4.69) is 25.0 Å². The summed E-state index contributed by atoms with van der Waals surface area (Å²) in [5.74, 6) is 5.95. The Kier molecular flexibility index (Phi) is 11.1. The number of benzene rings is 4. The van der Waals surface area contributed by atoms with Gasteiger partial charge in [-0.05, 0) is 47.5 Å². The van der Waals surface area contributed by atoms with E-state index in [-0.39, 0.29) is 0 Å². The summed E-state index contributed by atoms with van der Waals surface area (Å²) in [6, 6.07) is 29.4. The molecule has 0 saturated heterocycles. The molecule has 0 amide bonds. The van der Waals surface area contributed by atoms with Crippen LogP contribution >= 0.6 is 0 Å². The van der Waals surface area contributed by atoms with E-state index in [4.69, 9.17) is 18.9 Å². The van der Waals surface area contributed by atoms with Crippen LogP contribution in [-0.4, -0.2) is 26.2 Å². The highest BCUT2D eigenvalue weighted by Gasteiger charge is 2.15. The molecule has 0 aliphatic rings. The average molecular weight is 535 g/mol. The summed E-state index contributed by atoms with van der Waals surface area (Å²) in [5, 5.41) is 0. The molecule has 0 atom stereocenters. The van der Waals surface area contributed by atoms with E-state index >= 15 is 0 Å². The Morgan fingerprint density at radius 3 is 1.32 bits per heavy atom. The van der Waals surface area contributed by atoms with Crippen LogP contribution in [0.25, 0.3) is 0 Å². The van der Waals surface area contributed by atoms with Crippen LogP contribution in [0.3, 0.4) is 0 Å². The molecule has 0 spiro atoms. The van der Waals surface area contributed by atoms with Crippen molar-refractivity contribution < 1.29 is 28.5 Å². The van der Waals surface area contributed by atoms with Gasteiger partial charge in [-0.25, -0.2) is 9.59 Å².